The number of aryl methyl sites for hydroxylation is 1. The van der Waals surface area contributed by atoms with Crippen molar-refractivity contribution < 1.29 is 4.42 Å². The van der Waals surface area contributed by atoms with Gasteiger partial charge < -0.3 is 9.32 Å². The smallest absolute Gasteiger partial charge is 0.175 e. The Morgan fingerprint density at radius 2 is 2.00 bits per heavy atom. The molecule has 0 spiro atoms. The molecule has 0 saturated carbocycles. The summed E-state index contributed by atoms with van der Waals surface area (Å²) in [5, 5.41) is 14.2. The number of furan rings is 1. The maximum Gasteiger partial charge on any atom is 0.175 e. The van der Waals surface area contributed by atoms with E-state index in [2.05, 4.69) is 38.9 Å². The Labute approximate surface area is 174 Å². The largest absolute Gasteiger partial charge is 0.463 e. The monoisotopic (exact) mass is 399 g/mol. The topological polar surface area (TPSA) is 86.5 Å². The number of aromatic nitrogens is 4. The van der Waals surface area contributed by atoms with Gasteiger partial charge in [0.15, 0.2) is 11.4 Å². The standard InChI is InChI=1S/C22H21N7O/c1-16-4-2-7-24-18(16)15-27-9-11-28(12-10-27)20-6-8-29-22(25-20)17(14-23)21(26-29)19-5-3-13-30-19/h2-8,13H,9-12,15H2,1H3. The van der Waals surface area contributed by atoms with Crippen molar-refractivity contribution in [1.29, 1.82) is 5.26 Å². The van der Waals surface area contributed by atoms with Gasteiger partial charge in [-0.15, -0.1) is 0 Å². The van der Waals surface area contributed by atoms with E-state index in [1.165, 1.54) is 5.56 Å². The number of pyridine rings is 1. The van der Waals surface area contributed by atoms with Gasteiger partial charge in [-0.3, -0.25) is 9.88 Å². The van der Waals surface area contributed by atoms with Crippen molar-refractivity contribution in [2.45, 2.75) is 13.5 Å². The molecule has 5 rings (SSSR count). The van der Waals surface area contributed by atoms with Gasteiger partial charge in [0.25, 0.3) is 0 Å². The van der Waals surface area contributed by atoms with Crippen molar-refractivity contribution in [2.75, 3.05) is 31.1 Å². The van der Waals surface area contributed by atoms with E-state index < -0.39 is 0 Å². The van der Waals surface area contributed by atoms with Crippen LogP contribution in [0, 0.1) is 18.3 Å². The van der Waals surface area contributed by atoms with E-state index in [4.69, 9.17) is 9.40 Å². The number of nitriles is 1. The van der Waals surface area contributed by atoms with Gasteiger partial charge in [-0.2, -0.15) is 10.4 Å². The van der Waals surface area contributed by atoms with Crippen LogP contribution in [0.1, 0.15) is 16.8 Å². The first-order chi connectivity index (χ1) is 14.7. The predicted molar refractivity (Wildman–Crippen MR) is 112 cm³/mol. The van der Waals surface area contributed by atoms with E-state index >= 15 is 0 Å². The summed E-state index contributed by atoms with van der Waals surface area (Å²) in [4.78, 5) is 13.9. The lowest BCUT2D eigenvalue weighted by molar-refractivity contribution is 0.246. The summed E-state index contributed by atoms with van der Waals surface area (Å²) in [7, 11) is 0. The number of rotatable bonds is 4. The van der Waals surface area contributed by atoms with Crippen molar-refractivity contribution in [3.8, 4) is 17.5 Å². The van der Waals surface area contributed by atoms with Gasteiger partial charge in [0, 0.05) is 45.1 Å². The molecule has 1 aliphatic heterocycles. The first-order valence-electron chi connectivity index (χ1n) is 9.94. The Morgan fingerprint density at radius 1 is 1.13 bits per heavy atom. The number of nitrogens with zero attached hydrogens (tertiary/aromatic N) is 7. The Kier molecular flexibility index (Phi) is 4.65. The lowest BCUT2D eigenvalue weighted by Crippen LogP contribution is -2.46. The van der Waals surface area contributed by atoms with E-state index in [1.54, 1.807) is 22.9 Å². The molecule has 0 radical (unpaired) electrons. The molecule has 1 aliphatic rings. The highest BCUT2D eigenvalue weighted by Gasteiger charge is 2.22. The summed E-state index contributed by atoms with van der Waals surface area (Å²) in [5.74, 6) is 1.43. The van der Waals surface area contributed by atoms with Crippen LogP contribution in [0.4, 0.5) is 5.82 Å². The van der Waals surface area contributed by atoms with Crippen molar-refractivity contribution in [2.24, 2.45) is 0 Å². The fraction of sp³-hybridized carbons (Fsp3) is 0.273. The number of piperazine rings is 1. The fourth-order valence-electron chi connectivity index (χ4n) is 3.82. The number of fused-ring (bicyclic) bond motifs is 1. The quantitative estimate of drug-likeness (QED) is 0.521. The third-order valence-electron chi connectivity index (χ3n) is 5.52. The molecule has 8 heteroatoms. The van der Waals surface area contributed by atoms with E-state index in [1.807, 2.05) is 24.5 Å². The van der Waals surface area contributed by atoms with Crippen LogP contribution in [0.25, 0.3) is 17.1 Å². The molecule has 0 aromatic carbocycles. The van der Waals surface area contributed by atoms with Crippen LogP contribution in [0.5, 0.6) is 0 Å². The van der Waals surface area contributed by atoms with Crippen molar-refractivity contribution in [3.05, 3.63) is 65.8 Å². The van der Waals surface area contributed by atoms with Crippen LogP contribution in [0.2, 0.25) is 0 Å². The molecule has 0 bridgehead atoms. The zero-order valence-corrected chi connectivity index (χ0v) is 16.7. The molecule has 1 fully saturated rings. The van der Waals surface area contributed by atoms with Gasteiger partial charge in [-0.05, 0) is 36.8 Å². The lowest BCUT2D eigenvalue weighted by atomic mass is 10.2. The van der Waals surface area contributed by atoms with Gasteiger partial charge in [-0.1, -0.05) is 6.07 Å². The molecule has 0 amide bonds. The zero-order chi connectivity index (χ0) is 20.5. The molecule has 1 saturated heterocycles. The SMILES string of the molecule is Cc1cccnc1CN1CCN(c2ccn3nc(-c4ccco4)c(C#N)c3n2)CC1. The second-order valence-corrected chi connectivity index (χ2v) is 7.40. The first-order valence-corrected chi connectivity index (χ1v) is 9.94. The summed E-state index contributed by atoms with van der Waals surface area (Å²) >= 11 is 0. The average molecular weight is 399 g/mol. The Hall–Kier alpha value is -3.70. The maximum absolute atomic E-state index is 9.69. The molecule has 4 aromatic rings. The lowest BCUT2D eigenvalue weighted by Gasteiger charge is -2.35. The van der Waals surface area contributed by atoms with E-state index in [-0.39, 0.29) is 0 Å². The summed E-state index contributed by atoms with van der Waals surface area (Å²) < 4.78 is 7.07. The van der Waals surface area contributed by atoms with Crippen LogP contribution in [0.15, 0.2) is 53.4 Å². The highest BCUT2D eigenvalue weighted by atomic mass is 16.3. The van der Waals surface area contributed by atoms with Crippen LogP contribution >= 0.6 is 0 Å². The van der Waals surface area contributed by atoms with Crippen LogP contribution in [0.3, 0.4) is 0 Å². The van der Waals surface area contributed by atoms with Gasteiger partial charge >= 0.3 is 0 Å². The predicted octanol–water partition coefficient (Wildman–Crippen LogP) is 2.89. The molecular formula is C22H21N7O. The molecule has 30 heavy (non-hydrogen) atoms. The fourth-order valence-corrected chi connectivity index (χ4v) is 3.82. The van der Waals surface area contributed by atoms with Crippen LogP contribution in [-0.4, -0.2) is 50.7 Å². The van der Waals surface area contributed by atoms with Crippen molar-refractivity contribution >= 4 is 11.5 Å². The second-order valence-electron chi connectivity index (χ2n) is 7.40. The second kappa shape index (κ2) is 7.61. The first kappa shape index (κ1) is 18.3. The van der Waals surface area contributed by atoms with E-state index in [9.17, 15) is 5.26 Å². The Morgan fingerprint density at radius 3 is 2.73 bits per heavy atom. The molecular weight excluding hydrogens is 378 g/mol. The molecule has 0 unspecified atom stereocenters. The maximum atomic E-state index is 9.69. The normalized spacial score (nSPS) is 14.9. The van der Waals surface area contributed by atoms with Gasteiger partial charge in [0.2, 0.25) is 0 Å². The number of hydrogen-bond acceptors (Lipinski definition) is 7. The average Bonchev–Trinajstić information content (AvgIpc) is 3.43. The van der Waals surface area contributed by atoms with E-state index in [0.29, 0.717) is 22.7 Å². The third kappa shape index (κ3) is 3.29. The highest BCUT2D eigenvalue weighted by molar-refractivity contribution is 5.73. The molecule has 5 heterocycles. The molecule has 4 aromatic heterocycles. The highest BCUT2D eigenvalue weighted by Crippen LogP contribution is 2.26. The van der Waals surface area contributed by atoms with Crippen LogP contribution in [-0.2, 0) is 6.54 Å². The van der Waals surface area contributed by atoms with Gasteiger partial charge in [0.05, 0.1) is 12.0 Å². The summed E-state index contributed by atoms with van der Waals surface area (Å²) in [6.07, 6.45) is 5.28. The molecule has 0 atom stereocenters. The van der Waals surface area contributed by atoms with Crippen molar-refractivity contribution in [1.82, 2.24) is 24.5 Å². The Balaban J connectivity index is 1.35. The minimum Gasteiger partial charge on any atom is -0.463 e. The molecule has 150 valence electrons. The van der Waals surface area contributed by atoms with Crippen LogP contribution < -0.4 is 4.90 Å². The summed E-state index contributed by atoms with van der Waals surface area (Å²) in [6.45, 7) is 6.58. The number of anilines is 1. The van der Waals surface area contributed by atoms with E-state index in [0.717, 1.165) is 44.2 Å². The summed E-state index contributed by atoms with van der Waals surface area (Å²) in [6, 6.07) is 11.8. The zero-order valence-electron chi connectivity index (χ0n) is 16.7. The minimum atomic E-state index is 0.427. The third-order valence-corrected chi connectivity index (χ3v) is 5.52. The van der Waals surface area contributed by atoms with Gasteiger partial charge in [-0.25, -0.2) is 9.50 Å². The Bertz CT molecular complexity index is 1210. The molecule has 0 N–H and O–H groups in total. The summed E-state index contributed by atoms with van der Waals surface area (Å²) in [5.41, 5.74) is 3.85. The van der Waals surface area contributed by atoms with Crippen molar-refractivity contribution in [3.63, 3.8) is 0 Å². The van der Waals surface area contributed by atoms with Gasteiger partial charge in [0.1, 0.15) is 23.1 Å². The number of hydrogen-bond donors (Lipinski definition) is 0. The minimum absolute atomic E-state index is 0.427. The molecule has 0 aliphatic carbocycles. The molecule has 8 nitrogen and oxygen atoms in total.